The summed E-state index contributed by atoms with van der Waals surface area (Å²) in [7, 11) is 0. The number of nitrogen functional groups attached to an aromatic ring is 1. The SMILES string of the molecule is Nc1ccc(O)c(C[As])c1. The third kappa shape index (κ3) is 1.45. The fourth-order valence-corrected chi connectivity index (χ4v) is 1.26. The van der Waals surface area contributed by atoms with Crippen molar-refractivity contribution >= 4 is 22.5 Å². The Balaban J connectivity index is 3.09. The fraction of sp³-hybridized carbons (Fsp3) is 0.143. The van der Waals surface area contributed by atoms with Crippen LogP contribution >= 0.6 is 0 Å². The van der Waals surface area contributed by atoms with Gasteiger partial charge in [-0.1, -0.05) is 0 Å². The first-order valence-electron chi connectivity index (χ1n) is 2.92. The summed E-state index contributed by atoms with van der Waals surface area (Å²) in [6.07, 6.45) is 0. The van der Waals surface area contributed by atoms with E-state index < -0.39 is 0 Å². The van der Waals surface area contributed by atoms with E-state index in [1.165, 1.54) is 0 Å². The van der Waals surface area contributed by atoms with Crippen LogP contribution < -0.4 is 5.73 Å². The summed E-state index contributed by atoms with van der Waals surface area (Å²) in [5.74, 6) is 0.315. The van der Waals surface area contributed by atoms with Gasteiger partial charge in [0.1, 0.15) is 0 Å². The van der Waals surface area contributed by atoms with Crippen LogP contribution in [0.25, 0.3) is 0 Å². The van der Waals surface area contributed by atoms with Gasteiger partial charge in [-0.05, 0) is 0 Å². The second kappa shape index (κ2) is 2.98. The monoisotopic (exact) mass is 197 g/mol. The number of hydrogen-bond acceptors (Lipinski definition) is 2. The Morgan fingerprint density at radius 3 is 2.70 bits per heavy atom. The molecule has 1 rings (SSSR count). The van der Waals surface area contributed by atoms with Gasteiger partial charge in [0.05, 0.1) is 0 Å². The number of benzene rings is 1. The van der Waals surface area contributed by atoms with Crippen molar-refractivity contribution in [2.24, 2.45) is 0 Å². The molecule has 0 unspecified atom stereocenters. The zero-order valence-electron chi connectivity index (χ0n) is 5.41. The maximum absolute atomic E-state index is 9.17. The fourth-order valence-electron chi connectivity index (χ4n) is 0.732. The molecule has 1 aromatic carbocycles. The number of phenols is 1. The zero-order valence-corrected chi connectivity index (χ0v) is 7.29. The third-order valence-corrected chi connectivity index (χ3v) is 1.99. The first-order chi connectivity index (χ1) is 4.74. The molecule has 0 aromatic heterocycles. The molecule has 0 atom stereocenters. The van der Waals surface area contributed by atoms with Crippen LogP contribution in [0.3, 0.4) is 0 Å². The van der Waals surface area contributed by atoms with Crippen molar-refractivity contribution in [3.05, 3.63) is 23.8 Å². The molecule has 2 nitrogen and oxygen atoms in total. The van der Waals surface area contributed by atoms with Gasteiger partial charge in [-0.3, -0.25) is 0 Å². The molecule has 0 aliphatic heterocycles. The number of nitrogens with two attached hydrogens (primary N) is 1. The van der Waals surface area contributed by atoms with E-state index in [1.807, 2.05) is 0 Å². The Bertz CT molecular complexity index is 237. The first kappa shape index (κ1) is 7.49. The summed E-state index contributed by atoms with van der Waals surface area (Å²) in [6.45, 7) is 0. The van der Waals surface area contributed by atoms with E-state index in [1.54, 1.807) is 18.2 Å². The minimum atomic E-state index is 0.315. The quantitative estimate of drug-likeness (QED) is 0.394. The van der Waals surface area contributed by atoms with Gasteiger partial charge in [0.25, 0.3) is 0 Å². The number of hydrogen-bond donors (Lipinski definition) is 2. The zero-order chi connectivity index (χ0) is 7.56. The number of rotatable bonds is 1. The van der Waals surface area contributed by atoms with Crippen LogP contribution in [0.5, 0.6) is 5.75 Å². The Labute approximate surface area is 68.6 Å². The molecule has 52 valence electrons. The van der Waals surface area contributed by atoms with Crippen LogP contribution in [0, 0.1) is 0 Å². The van der Waals surface area contributed by atoms with Crippen molar-refractivity contribution in [1.82, 2.24) is 0 Å². The van der Waals surface area contributed by atoms with Crippen molar-refractivity contribution in [2.45, 2.75) is 5.21 Å². The number of anilines is 1. The van der Waals surface area contributed by atoms with Gasteiger partial charge >= 0.3 is 68.1 Å². The van der Waals surface area contributed by atoms with Crippen LogP contribution in [-0.2, 0) is 5.21 Å². The molecule has 2 radical (unpaired) electrons. The maximum atomic E-state index is 9.17. The van der Waals surface area contributed by atoms with E-state index >= 15 is 0 Å². The molecular weight excluding hydrogens is 189 g/mol. The van der Waals surface area contributed by atoms with E-state index in [4.69, 9.17) is 10.8 Å². The van der Waals surface area contributed by atoms with E-state index in [-0.39, 0.29) is 0 Å². The Morgan fingerprint density at radius 2 is 2.20 bits per heavy atom. The van der Waals surface area contributed by atoms with E-state index in [0.717, 1.165) is 10.8 Å². The summed E-state index contributed by atoms with van der Waals surface area (Å²) in [6, 6.07) is 5.06. The molecule has 0 fully saturated rings. The topological polar surface area (TPSA) is 46.2 Å². The number of aromatic hydroxyl groups is 1. The second-order valence-corrected chi connectivity index (χ2v) is 2.71. The molecule has 0 heterocycles. The predicted molar refractivity (Wildman–Crippen MR) is 42.0 cm³/mol. The van der Waals surface area contributed by atoms with E-state index in [9.17, 15) is 0 Å². The Hall–Kier alpha value is -0.622. The van der Waals surface area contributed by atoms with Crippen molar-refractivity contribution in [1.29, 1.82) is 0 Å². The van der Waals surface area contributed by atoms with Gasteiger partial charge < -0.3 is 0 Å². The molecule has 0 aliphatic carbocycles. The molecule has 0 bridgehead atoms. The molecule has 3 N–H and O–H groups in total. The third-order valence-electron chi connectivity index (χ3n) is 1.27. The standard InChI is InChI=1S/C7H8AsNO/c8-4-5-3-6(9)1-2-7(5)10/h1-3,10H,4,9H2. The number of phenolic OH excluding ortho intramolecular Hbond substituents is 1. The molecule has 1 aromatic rings. The summed E-state index contributed by atoms with van der Waals surface area (Å²) < 4.78 is 0. The molecule has 0 saturated carbocycles. The van der Waals surface area contributed by atoms with Gasteiger partial charge in [-0.15, -0.1) is 0 Å². The van der Waals surface area contributed by atoms with Crippen molar-refractivity contribution in [3.63, 3.8) is 0 Å². The average Bonchev–Trinajstić information content (AvgIpc) is 1.94. The van der Waals surface area contributed by atoms with Gasteiger partial charge in [0.2, 0.25) is 0 Å². The van der Waals surface area contributed by atoms with Crippen LogP contribution in [0.1, 0.15) is 5.56 Å². The molecule has 10 heavy (non-hydrogen) atoms. The van der Waals surface area contributed by atoms with E-state index in [0.29, 0.717) is 11.4 Å². The molecule has 0 spiro atoms. The van der Waals surface area contributed by atoms with E-state index in [2.05, 4.69) is 16.9 Å². The molecule has 0 amide bonds. The molecule has 0 saturated heterocycles. The summed E-state index contributed by atoms with van der Waals surface area (Å²) in [5, 5.41) is 9.92. The van der Waals surface area contributed by atoms with Gasteiger partial charge in [-0.2, -0.15) is 0 Å². The average molecular weight is 197 g/mol. The summed E-state index contributed by atoms with van der Waals surface area (Å²) in [4.78, 5) is 0. The van der Waals surface area contributed by atoms with Crippen LogP contribution in [0.2, 0.25) is 0 Å². The van der Waals surface area contributed by atoms with Gasteiger partial charge in [-0.25, -0.2) is 0 Å². The molecule has 0 aliphatic rings. The molecular formula is C7H8AsNO. The van der Waals surface area contributed by atoms with Crippen molar-refractivity contribution in [2.75, 3.05) is 5.73 Å². The van der Waals surface area contributed by atoms with Gasteiger partial charge in [0.15, 0.2) is 0 Å². The normalized spacial score (nSPS) is 9.70. The minimum absolute atomic E-state index is 0.315. The van der Waals surface area contributed by atoms with Crippen molar-refractivity contribution in [3.8, 4) is 5.75 Å². The Morgan fingerprint density at radius 1 is 1.50 bits per heavy atom. The van der Waals surface area contributed by atoms with Crippen LogP contribution in [-0.4, -0.2) is 22.0 Å². The summed E-state index contributed by atoms with van der Waals surface area (Å²) in [5.41, 5.74) is 7.05. The van der Waals surface area contributed by atoms with Crippen LogP contribution in [0.15, 0.2) is 18.2 Å². The first-order valence-corrected chi connectivity index (χ1v) is 4.25. The second-order valence-electron chi connectivity index (χ2n) is 2.05. The summed E-state index contributed by atoms with van der Waals surface area (Å²) >= 11 is 2.40. The molecule has 3 heteroatoms. The Kier molecular flexibility index (Phi) is 2.23. The van der Waals surface area contributed by atoms with Gasteiger partial charge in [0, 0.05) is 0 Å². The van der Waals surface area contributed by atoms with Crippen LogP contribution in [0.4, 0.5) is 5.69 Å². The predicted octanol–water partition coefficient (Wildman–Crippen LogP) is 0.643. The van der Waals surface area contributed by atoms with Crippen molar-refractivity contribution < 1.29 is 5.11 Å².